The highest BCUT2D eigenvalue weighted by molar-refractivity contribution is 5.79. The number of aliphatic imine (C=N–C) groups is 1. The summed E-state index contributed by atoms with van der Waals surface area (Å²) in [4.78, 5) is 14.9. The molecule has 6 nitrogen and oxygen atoms in total. The Hall–Kier alpha value is -2.08. The van der Waals surface area contributed by atoms with E-state index in [0.717, 1.165) is 42.3 Å². The van der Waals surface area contributed by atoms with E-state index in [9.17, 15) is 0 Å². The van der Waals surface area contributed by atoms with Crippen molar-refractivity contribution in [1.82, 2.24) is 25.5 Å². The molecule has 2 aromatic rings. The number of hydrogen-bond donors (Lipinski definition) is 3. The summed E-state index contributed by atoms with van der Waals surface area (Å²) in [6.45, 7) is 8.71. The molecule has 0 saturated carbocycles. The first-order valence-electron chi connectivity index (χ1n) is 9.72. The van der Waals surface area contributed by atoms with Gasteiger partial charge < -0.3 is 15.6 Å². The molecule has 0 spiro atoms. The Morgan fingerprint density at radius 3 is 2.69 bits per heavy atom. The average Bonchev–Trinajstić information content (AvgIpc) is 3.08. The predicted octanol–water partition coefficient (Wildman–Crippen LogP) is 2.53. The number of para-hydroxylation sites is 2. The first-order valence-corrected chi connectivity index (χ1v) is 9.72. The third kappa shape index (κ3) is 4.75. The zero-order chi connectivity index (χ0) is 18.4. The zero-order valence-electron chi connectivity index (χ0n) is 16.3. The van der Waals surface area contributed by atoms with Crippen LogP contribution in [0, 0.1) is 0 Å². The number of nitrogens with one attached hydrogen (secondary N) is 3. The van der Waals surface area contributed by atoms with Crippen LogP contribution in [-0.2, 0) is 6.42 Å². The first kappa shape index (κ1) is 18.7. The van der Waals surface area contributed by atoms with Crippen molar-refractivity contribution in [2.75, 3.05) is 33.2 Å². The van der Waals surface area contributed by atoms with E-state index in [1.54, 1.807) is 0 Å². The summed E-state index contributed by atoms with van der Waals surface area (Å²) in [5.74, 6) is 1.86. The van der Waals surface area contributed by atoms with Crippen LogP contribution in [0.1, 0.15) is 38.9 Å². The summed E-state index contributed by atoms with van der Waals surface area (Å²) in [6.07, 6.45) is 4.83. The molecule has 142 valence electrons. The lowest BCUT2D eigenvalue weighted by atomic mass is 9.98. The maximum Gasteiger partial charge on any atom is 0.191 e. The number of piperidine rings is 1. The lowest BCUT2D eigenvalue weighted by molar-refractivity contribution is 0.0982. The number of hydrogen-bond acceptors (Lipinski definition) is 3. The topological polar surface area (TPSA) is 68.3 Å². The number of benzene rings is 1. The van der Waals surface area contributed by atoms with Gasteiger partial charge in [0.15, 0.2) is 5.96 Å². The fraction of sp³-hybridized carbons (Fsp3) is 0.600. The average molecular weight is 357 g/mol. The van der Waals surface area contributed by atoms with Crippen molar-refractivity contribution < 1.29 is 0 Å². The number of guanidine groups is 1. The number of likely N-dealkylation sites (tertiary alicyclic amines) is 1. The Balaban J connectivity index is 1.45. The van der Waals surface area contributed by atoms with Crippen molar-refractivity contribution in [1.29, 1.82) is 0 Å². The molecule has 1 aliphatic heterocycles. The quantitative estimate of drug-likeness (QED) is 0.550. The molecule has 0 unspecified atom stereocenters. The molecule has 0 radical (unpaired) electrons. The van der Waals surface area contributed by atoms with Crippen LogP contribution < -0.4 is 10.6 Å². The minimum Gasteiger partial charge on any atom is -0.356 e. The third-order valence-electron chi connectivity index (χ3n) is 5.22. The lowest BCUT2D eigenvalue weighted by Gasteiger charge is -2.41. The van der Waals surface area contributed by atoms with Gasteiger partial charge in [0.25, 0.3) is 0 Å². The van der Waals surface area contributed by atoms with Gasteiger partial charge in [-0.05, 0) is 51.9 Å². The first-order chi connectivity index (χ1) is 12.6. The molecule has 0 aliphatic carbocycles. The van der Waals surface area contributed by atoms with Gasteiger partial charge in [-0.25, -0.2) is 4.98 Å². The monoisotopic (exact) mass is 356 g/mol. The Bertz CT molecular complexity index is 694. The lowest BCUT2D eigenvalue weighted by Crippen LogP contribution is -2.55. The molecular formula is C20H32N6. The second-order valence-corrected chi connectivity index (χ2v) is 7.66. The maximum absolute atomic E-state index is 4.62. The molecule has 3 rings (SSSR count). The summed E-state index contributed by atoms with van der Waals surface area (Å²) in [5.41, 5.74) is 2.25. The molecule has 1 fully saturated rings. The van der Waals surface area contributed by atoms with E-state index in [4.69, 9.17) is 0 Å². The summed E-state index contributed by atoms with van der Waals surface area (Å²) < 4.78 is 0. The molecular weight excluding hydrogens is 324 g/mol. The van der Waals surface area contributed by atoms with Gasteiger partial charge in [-0.2, -0.15) is 0 Å². The minimum absolute atomic E-state index is 0.136. The van der Waals surface area contributed by atoms with Gasteiger partial charge in [0.05, 0.1) is 11.0 Å². The van der Waals surface area contributed by atoms with Crippen LogP contribution in [0.25, 0.3) is 11.0 Å². The zero-order valence-corrected chi connectivity index (χ0v) is 16.3. The van der Waals surface area contributed by atoms with Gasteiger partial charge in [0.2, 0.25) is 0 Å². The van der Waals surface area contributed by atoms with Crippen molar-refractivity contribution in [3.63, 3.8) is 0 Å². The van der Waals surface area contributed by atoms with E-state index in [1.807, 2.05) is 25.2 Å². The Morgan fingerprint density at radius 2 is 1.96 bits per heavy atom. The number of imidazole rings is 1. The van der Waals surface area contributed by atoms with Crippen LogP contribution in [0.15, 0.2) is 29.3 Å². The molecule has 1 saturated heterocycles. The number of rotatable bonds is 6. The standard InChI is InChI=1S/C20H32N6/c1-20(2,26-13-7-4-8-14-26)15-23-19(21-3)22-12-11-18-24-16-9-5-6-10-17(16)25-18/h5-6,9-10H,4,7-8,11-15H2,1-3H3,(H,24,25)(H2,21,22,23). The van der Waals surface area contributed by atoms with Gasteiger partial charge in [0.1, 0.15) is 5.82 Å². The maximum atomic E-state index is 4.62. The smallest absolute Gasteiger partial charge is 0.191 e. The van der Waals surface area contributed by atoms with E-state index in [-0.39, 0.29) is 5.54 Å². The molecule has 1 aromatic carbocycles. The van der Waals surface area contributed by atoms with Crippen LogP contribution in [0.4, 0.5) is 0 Å². The van der Waals surface area contributed by atoms with Gasteiger partial charge in [-0.15, -0.1) is 0 Å². The Kier molecular flexibility index (Phi) is 6.14. The third-order valence-corrected chi connectivity index (χ3v) is 5.22. The molecule has 6 heteroatoms. The van der Waals surface area contributed by atoms with Crippen molar-refractivity contribution in [3.8, 4) is 0 Å². The number of fused-ring (bicyclic) bond motifs is 1. The van der Waals surface area contributed by atoms with E-state index in [1.165, 1.54) is 32.4 Å². The molecule has 0 amide bonds. The highest BCUT2D eigenvalue weighted by atomic mass is 15.2. The Labute approximate surface area is 156 Å². The molecule has 1 aliphatic rings. The van der Waals surface area contributed by atoms with E-state index in [2.05, 4.69) is 50.4 Å². The van der Waals surface area contributed by atoms with Crippen LogP contribution >= 0.6 is 0 Å². The normalized spacial score (nSPS) is 16.8. The summed E-state index contributed by atoms with van der Waals surface area (Å²) >= 11 is 0. The molecule has 0 atom stereocenters. The van der Waals surface area contributed by atoms with Crippen LogP contribution in [0.3, 0.4) is 0 Å². The molecule has 1 aromatic heterocycles. The van der Waals surface area contributed by atoms with E-state index >= 15 is 0 Å². The molecule has 3 N–H and O–H groups in total. The van der Waals surface area contributed by atoms with Crippen molar-refractivity contribution in [3.05, 3.63) is 30.1 Å². The van der Waals surface area contributed by atoms with Gasteiger partial charge >= 0.3 is 0 Å². The second-order valence-electron chi connectivity index (χ2n) is 7.66. The second kappa shape index (κ2) is 8.54. The summed E-state index contributed by atoms with van der Waals surface area (Å²) in [5, 5.41) is 6.88. The molecule has 2 heterocycles. The van der Waals surface area contributed by atoms with Crippen LogP contribution in [0.2, 0.25) is 0 Å². The molecule has 26 heavy (non-hydrogen) atoms. The summed E-state index contributed by atoms with van der Waals surface area (Å²) in [7, 11) is 1.82. The number of aromatic amines is 1. The predicted molar refractivity (Wildman–Crippen MR) is 109 cm³/mol. The fourth-order valence-corrected chi connectivity index (χ4v) is 3.56. The number of aromatic nitrogens is 2. The fourth-order valence-electron chi connectivity index (χ4n) is 3.56. The molecule has 0 bridgehead atoms. The van der Waals surface area contributed by atoms with E-state index < -0.39 is 0 Å². The number of H-pyrrole nitrogens is 1. The summed E-state index contributed by atoms with van der Waals surface area (Å²) in [6, 6.07) is 8.13. The Morgan fingerprint density at radius 1 is 1.19 bits per heavy atom. The van der Waals surface area contributed by atoms with Crippen molar-refractivity contribution in [2.24, 2.45) is 4.99 Å². The largest absolute Gasteiger partial charge is 0.356 e. The minimum atomic E-state index is 0.136. The van der Waals surface area contributed by atoms with E-state index in [0.29, 0.717) is 0 Å². The van der Waals surface area contributed by atoms with Gasteiger partial charge in [-0.3, -0.25) is 9.89 Å². The van der Waals surface area contributed by atoms with Gasteiger partial charge in [-0.1, -0.05) is 18.6 Å². The van der Waals surface area contributed by atoms with Crippen LogP contribution in [-0.4, -0.2) is 59.6 Å². The number of nitrogens with zero attached hydrogens (tertiary/aromatic N) is 3. The highest BCUT2D eigenvalue weighted by Gasteiger charge is 2.27. The highest BCUT2D eigenvalue weighted by Crippen LogP contribution is 2.19. The van der Waals surface area contributed by atoms with Crippen molar-refractivity contribution >= 4 is 17.0 Å². The SMILES string of the molecule is CN=C(NCCc1nc2ccccc2[nH]1)NCC(C)(C)N1CCCCC1. The van der Waals surface area contributed by atoms with Crippen LogP contribution in [0.5, 0.6) is 0 Å². The van der Waals surface area contributed by atoms with Crippen molar-refractivity contribution in [2.45, 2.75) is 45.1 Å². The van der Waals surface area contributed by atoms with Gasteiger partial charge in [0, 0.05) is 32.1 Å².